The zero-order valence-electron chi connectivity index (χ0n) is 15.3. The van der Waals surface area contributed by atoms with Gasteiger partial charge in [-0.3, -0.25) is 14.7 Å². The van der Waals surface area contributed by atoms with Crippen LogP contribution < -0.4 is 9.47 Å². The highest BCUT2D eigenvalue weighted by Gasteiger charge is 2.35. The number of carbonyl (C=O) groups is 1. The van der Waals surface area contributed by atoms with Crippen molar-refractivity contribution in [1.29, 1.82) is 0 Å². The normalized spacial score (nSPS) is 17.2. The van der Waals surface area contributed by atoms with Gasteiger partial charge in [-0.1, -0.05) is 6.07 Å². The topological polar surface area (TPSA) is 51.7 Å². The third-order valence-electron chi connectivity index (χ3n) is 4.95. The molecule has 0 spiro atoms. The molecule has 0 atom stereocenters. The van der Waals surface area contributed by atoms with Gasteiger partial charge in [-0.2, -0.15) is 0 Å². The molecule has 0 radical (unpaired) electrons. The molecule has 0 bridgehead atoms. The smallest absolute Gasteiger partial charge is 0.232 e. The number of rotatable bonds is 3. The van der Waals surface area contributed by atoms with Crippen LogP contribution >= 0.6 is 11.3 Å². The Bertz CT molecular complexity index is 1070. The molecule has 1 aromatic carbocycles. The van der Waals surface area contributed by atoms with Crippen molar-refractivity contribution < 1.29 is 14.3 Å². The Morgan fingerprint density at radius 1 is 1.29 bits per heavy atom. The van der Waals surface area contributed by atoms with Crippen LogP contribution in [0.3, 0.4) is 0 Å². The SMILES string of the molecule is Cc1cc2c(c3c1C(=O)/C(=C/c1ccncc1)O3)CN(Cc1cccs1)CO2. The van der Waals surface area contributed by atoms with Gasteiger partial charge in [-0.25, -0.2) is 0 Å². The van der Waals surface area contributed by atoms with Gasteiger partial charge in [-0.05, 0) is 53.8 Å². The van der Waals surface area contributed by atoms with Gasteiger partial charge in [0, 0.05) is 30.4 Å². The van der Waals surface area contributed by atoms with Crippen LogP contribution in [-0.4, -0.2) is 22.4 Å². The molecule has 5 rings (SSSR count). The number of carbonyl (C=O) groups excluding carboxylic acids is 1. The van der Waals surface area contributed by atoms with E-state index in [1.54, 1.807) is 29.8 Å². The van der Waals surface area contributed by atoms with E-state index in [9.17, 15) is 4.79 Å². The number of Topliss-reactive ketones (excluding diaryl/α,β-unsaturated/α-hetero) is 1. The summed E-state index contributed by atoms with van der Waals surface area (Å²) in [5, 5.41) is 2.08. The monoisotopic (exact) mass is 390 g/mol. The number of thiophene rings is 1. The number of nitrogens with zero attached hydrogens (tertiary/aromatic N) is 2. The summed E-state index contributed by atoms with van der Waals surface area (Å²) in [4.78, 5) is 20.5. The summed E-state index contributed by atoms with van der Waals surface area (Å²) in [5.41, 5.74) is 3.34. The largest absolute Gasteiger partial charge is 0.478 e. The Kier molecular flexibility index (Phi) is 4.22. The molecule has 0 amide bonds. The quantitative estimate of drug-likeness (QED) is 0.620. The number of aromatic nitrogens is 1. The predicted molar refractivity (Wildman–Crippen MR) is 107 cm³/mol. The van der Waals surface area contributed by atoms with Crippen molar-refractivity contribution in [2.24, 2.45) is 0 Å². The van der Waals surface area contributed by atoms with Crippen molar-refractivity contribution in [3.05, 3.63) is 81.0 Å². The molecule has 0 fully saturated rings. The lowest BCUT2D eigenvalue weighted by atomic mass is 9.98. The minimum atomic E-state index is -0.0810. The third kappa shape index (κ3) is 3.00. The molecule has 2 aliphatic heterocycles. The van der Waals surface area contributed by atoms with E-state index in [4.69, 9.17) is 9.47 Å². The van der Waals surface area contributed by atoms with Crippen molar-refractivity contribution >= 4 is 23.2 Å². The molecule has 0 saturated carbocycles. The number of allylic oxidation sites excluding steroid dienone is 1. The second-order valence-electron chi connectivity index (χ2n) is 6.93. The highest BCUT2D eigenvalue weighted by Crippen LogP contribution is 2.44. The van der Waals surface area contributed by atoms with E-state index in [-0.39, 0.29) is 5.78 Å². The molecule has 140 valence electrons. The summed E-state index contributed by atoms with van der Waals surface area (Å²) in [6.45, 7) is 3.95. The molecule has 3 aromatic rings. The molecule has 6 heteroatoms. The Labute approximate surface area is 166 Å². The summed E-state index contributed by atoms with van der Waals surface area (Å²) in [7, 11) is 0. The number of hydrogen-bond donors (Lipinski definition) is 0. The van der Waals surface area contributed by atoms with Gasteiger partial charge < -0.3 is 9.47 Å². The highest BCUT2D eigenvalue weighted by atomic mass is 32.1. The fourth-order valence-corrected chi connectivity index (χ4v) is 4.36. The van der Waals surface area contributed by atoms with Crippen LogP contribution in [0, 0.1) is 6.92 Å². The van der Waals surface area contributed by atoms with Crippen molar-refractivity contribution in [2.75, 3.05) is 6.73 Å². The first-order chi connectivity index (χ1) is 13.7. The second-order valence-corrected chi connectivity index (χ2v) is 7.97. The Morgan fingerprint density at radius 2 is 2.14 bits per heavy atom. The number of fused-ring (bicyclic) bond motifs is 3. The fraction of sp³-hybridized carbons (Fsp3) is 0.182. The van der Waals surface area contributed by atoms with Gasteiger partial charge in [0.1, 0.15) is 18.2 Å². The standard InChI is InChI=1S/C22H18N2O3S/c1-14-9-18-17(12-24(13-26-18)11-16-3-2-8-28-16)22-20(14)21(25)19(27-22)10-15-4-6-23-7-5-15/h2-10H,11-13H2,1H3/b19-10-. The van der Waals surface area contributed by atoms with Crippen LogP contribution in [-0.2, 0) is 13.1 Å². The van der Waals surface area contributed by atoms with E-state index < -0.39 is 0 Å². The lowest BCUT2D eigenvalue weighted by Gasteiger charge is -2.29. The third-order valence-corrected chi connectivity index (χ3v) is 5.81. The molecule has 0 saturated heterocycles. The van der Waals surface area contributed by atoms with E-state index in [0.29, 0.717) is 30.3 Å². The molecule has 5 nitrogen and oxygen atoms in total. The number of aryl methyl sites for hydroxylation is 1. The zero-order valence-corrected chi connectivity index (χ0v) is 16.2. The second kappa shape index (κ2) is 6.89. The predicted octanol–water partition coefficient (Wildman–Crippen LogP) is 4.42. The molecule has 28 heavy (non-hydrogen) atoms. The van der Waals surface area contributed by atoms with Gasteiger partial charge in [0.25, 0.3) is 0 Å². The maximum atomic E-state index is 13.0. The average Bonchev–Trinajstić information content (AvgIpc) is 3.32. The van der Waals surface area contributed by atoms with E-state index in [1.165, 1.54) is 4.88 Å². The molecular formula is C22H18N2O3S. The van der Waals surface area contributed by atoms with E-state index >= 15 is 0 Å². The van der Waals surface area contributed by atoms with Crippen molar-refractivity contribution in [1.82, 2.24) is 9.88 Å². The summed E-state index contributed by atoms with van der Waals surface area (Å²) < 4.78 is 12.1. The molecular weight excluding hydrogens is 372 g/mol. The van der Waals surface area contributed by atoms with Gasteiger partial charge in [0.2, 0.25) is 5.78 Å². The first-order valence-corrected chi connectivity index (χ1v) is 9.95. The van der Waals surface area contributed by atoms with Gasteiger partial charge in [0.05, 0.1) is 11.1 Å². The maximum absolute atomic E-state index is 13.0. The van der Waals surface area contributed by atoms with Crippen molar-refractivity contribution in [2.45, 2.75) is 20.0 Å². The van der Waals surface area contributed by atoms with Crippen LogP contribution in [0.25, 0.3) is 6.08 Å². The highest BCUT2D eigenvalue weighted by molar-refractivity contribution is 7.09. The van der Waals surface area contributed by atoms with E-state index in [1.807, 2.05) is 25.1 Å². The van der Waals surface area contributed by atoms with E-state index in [0.717, 1.165) is 29.0 Å². The number of pyridine rings is 1. The lowest BCUT2D eigenvalue weighted by molar-refractivity contribution is 0.0881. The first-order valence-electron chi connectivity index (χ1n) is 9.07. The van der Waals surface area contributed by atoms with Crippen LogP contribution in [0.15, 0.2) is 53.9 Å². The number of ether oxygens (including phenoxy) is 2. The molecule has 0 N–H and O–H groups in total. The minimum absolute atomic E-state index is 0.0810. The van der Waals surface area contributed by atoms with Crippen LogP contribution in [0.4, 0.5) is 0 Å². The molecule has 0 unspecified atom stereocenters. The maximum Gasteiger partial charge on any atom is 0.232 e. The van der Waals surface area contributed by atoms with Crippen LogP contribution in [0.2, 0.25) is 0 Å². The summed E-state index contributed by atoms with van der Waals surface area (Å²) >= 11 is 1.73. The summed E-state index contributed by atoms with van der Waals surface area (Å²) in [6, 6.07) is 9.82. The van der Waals surface area contributed by atoms with Gasteiger partial charge in [0.15, 0.2) is 5.76 Å². The fourth-order valence-electron chi connectivity index (χ4n) is 3.61. The molecule has 4 heterocycles. The molecule has 2 aliphatic rings. The van der Waals surface area contributed by atoms with Crippen molar-refractivity contribution in [3.8, 4) is 11.5 Å². The number of hydrogen-bond acceptors (Lipinski definition) is 6. The minimum Gasteiger partial charge on any atom is -0.478 e. The zero-order chi connectivity index (χ0) is 19.1. The van der Waals surface area contributed by atoms with Gasteiger partial charge in [-0.15, -0.1) is 11.3 Å². The van der Waals surface area contributed by atoms with E-state index in [2.05, 4.69) is 27.4 Å². The van der Waals surface area contributed by atoms with Gasteiger partial charge >= 0.3 is 0 Å². The van der Waals surface area contributed by atoms with Crippen LogP contribution in [0.5, 0.6) is 11.5 Å². The lowest BCUT2D eigenvalue weighted by Crippen LogP contribution is -2.31. The van der Waals surface area contributed by atoms with Crippen molar-refractivity contribution in [3.63, 3.8) is 0 Å². The summed E-state index contributed by atoms with van der Waals surface area (Å²) in [6.07, 6.45) is 5.16. The Balaban J connectivity index is 1.49. The Hall–Kier alpha value is -2.96. The number of ketones is 1. The number of benzene rings is 1. The average molecular weight is 390 g/mol. The molecule has 0 aliphatic carbocycles. The Morgan fingerprint density at radius 3 is 2.93 bits per heavy atom. The summed E-state index contributed by atoms with van der Waals surface area (Å²) in [5.74, 6) is 1.70. The first kappa shape index (κ1) is 17.2. The van der Waals surface area contributed by atoms with Crippen LogP contribution in [0.1, 0.15) is 31.9 Å². The molecule has 2 aromatic heterocycles.